The summed E-state index contributed by atoms with van der Waals surface area (Å²) in [6.45, 7) is 1.57. The average molecular weight is 371 g/mol. The van der Waals surface area contributed by atoms with E-state index in [1.54, 1.807) is 7.11 Å². The lowest BCUT2D eigenvalue weighted by Crippen LogP contribution is -2.37. The van der Waals surface area contributed by atoms with Crippen LogP contribution < -0.4 is 5.32 Å². The highest BCUT2D eigenvalue weighted by molar-refractivity contribution is 5.83. The maximum Gasteiger partial charge on any atom is 0.405 e. The summed E-state index contributed by atoms with van der Waals surface area (Å²) in [6, 6.07) is 6.58. The molecule has 2 fully saturated rings. The summed E-state index contributed by atoms with van der Waals surface area (Å²) in [6.07, 6.45) is 7.64. The Morgan fingerprint density at radius 1 is 1.37 bits per heavy atom. The number of hydrogen-bond donors (Lipinski definition) is 2. The number of fused-ring (bicyclic) bond motifs is 1. The van der Waals surface area contributed by atoms with Crippen LogP contribution in [-0.4, -0.2) is 40.2 Å². The zero-order valence-electron chi connectivity index (χ0n) is 16.0. The molecule has 2 N–H and O–H groups in total. The third-order valence-corrected chi connectivity index (χ3v) is 6.07. The van der Waals surface area contributed by atoms with Crippen LogP contribution in [0.5, 0.6) is 0 Å². The van der Waals surface area contributed by atoms with Gasteiger partial charge in [-0.15, -0.1) is 0 Å². The Morgan fingerprint density at radius 3 is 2.81 bits per heavy atom. The molecule has 0 bridgehead atoms. The van der Waals surface area contributed by atoms with Crippen molar-refractivity contribution >= 4 is 17.0 Å². The Kier molecular flexibility index (Phi) is 5.08. The van der Waals surface area contributed by atoms with Crippen molar-refractivity contribution in [2.45, 2.75) is 69.4 Å². The molecule has 2 aliphatic carbocycles. The summed E-state index contributed by atoms with van der Waals surface area (Å²) in [7, 11) is 1.73. The summed E-state index contributed by atoms with van der Waals surface area (Å²) < 4.78 is 7.35. The molecular formula is C21H29N3O3. The smallest absolute Gasteiger partial charge is 0.405 e. The van der Waals surface area contributed by atoms with Gasteiger partial charge in [-0.1, -0.05) is 25.0 Å². The number of amides is 1. The fraction of sp³-hybridized carbons (Fsp3) is 0.619. The summed E-state index contributed by atoms with van der Waals surface area (Å²) >= 11 is 0. The van der Waals surface area contributed by atoms with Gasteiger partial charge in [0.15, 0.2) is 0 Å². The molecule has 146 valence electrons. The topological polar surface area (TPSA) is 76.4 Å². The van der Waals surface area contributed by atoms with E-state index in [1.807, 2.05) is 0 Å². The summed E-state index contributed by atoms with van der Waals surface area (Å²) in [5.74, 6) is 0.575. The van der Waals surface area contributed by atoms with Crippen molar-refractivity contribution in [3.8, 4) is 0 Å². The molecule has 6 heteroatoms. The Morgan fingerprint density at radius 2 is 2.15 bits per heavy atom. The molecule has 27 heavy (non-hydrogen) atoms. The minimum Gasteiger partial charge on any atom is -0.465 e. The first kappa shape index (κ1) is 18.3. The third-order valence-electron chi connectivity index (χ3n) is 6.07. The van der Waals surface area contributed by atoms with E-state index >= 15 is 0 Å². The molecule has 4 rings (SSSR count). The van der Waals surface area contributed by atoms with Crippen molar-refractivity contribution in [1.29, 1.82) is 0 Å². The van der Waals surface area contributed by atoms with Crippen LogP contribution in [0.25, 0.3) is 10.9 Å². The molecule has 1 heterocycles. The van der Waals surface area contributed by atoms with Gasteiger partial charge in [0.2, 0.25) is 0 Å². The van der Waals surface area contributed by atoms with E-state index in [0.29, 0.717) is 5.92 Å². The van der Waals surface area contributed by atoms with Crippen LogP contribution >= 0.6 is 0 Å². The van der Waals surface area contributed by atoms with Gasteiger partial charge in [-0.25, -0.2) is 4.79 Å². The van der Waals surface area contributed by atoms with E-state index in [4.69, 9.17) is 14.9 Å². The van der Waals surface area contributed by atoms with Crippen LogP contribution in [0.4, 0.5) is 4.79 Å². The molecule has 0 spiro atoms. The number of hydrogen-bond acceptors (Lipinski definition) is 3. The highest BCUT2D eigenvalue weighted by Crippen LogP contribution is 2.40. The van der Waals surface area contributed by atoms with Crippen molar-refractivity contribution in [3.05, 3.63) is 29.5 Å². The Labute approximate surface area is 159 Å². The number of carbonyl (C=O) groups is 1. The monoisotopic (exact) mass is 371 g/mol. The van der Waals surface area contributed by atoms with Gasteiger partial charge in [-0.3, -0.25) is 4.68 Å². The van der Waals surface area contributed by atoms with Crippen LogP contribution in [0, 0.1) is 0 Å². The van der Waals surface area contributed by atoms with E-state index in [9.17, 15) is 4.79 Å². The zero-order valence-corrected chi connectivity index (χ0v) is 16.0. The number of benzene rings is 1. The number of ether oxygens (including phenoxy) is 1. The van der Waals surface area contributed by atoms with E-state index in [2.05, 4.69) is 28.2 Å². The van der Waals surface area contributed by atoms with Crippen molar-refractivity contribution in [1.82, 2.24) is 15.1 Å². The highest BCUT2D eigenvalue weighted by atomic mass is 16.5. The minimum absolute atomic E-state index is 0.269. The molecule has 6 nitrogen and oxygen atoms in total. The van der Waals surface area contributed by atoms with Gasteiger partial charge in [0.05, 0.1) is 11.2 Å². The van der Waals surface area contributed by atoms with Gasteiger partial charge >= 0.3 is 6.09 Å². The number of nitrogens with one attached hydrogen (secondary N) is 1. The lowest BCUT2D eigenvalue weighted by atomic mass is 9.98. The largest absolute Gasteiger partial charge is 0.465 e. The second kappa shape index (κ2) is 7.50. The molecular weight excluding hydrogens is 342 g/mol. The summed E-state index contributed by atoms with van der Waals surface area (Å²) in [4.78, 5) is 11.1. The summed E-state index contributed by atoms with van der Waals surface area (Å²) in [5.41, 5.74) is 3.34. The molecule has 2 aromatic rings. The van der Waals surface area contributed by atoms with Gasteiger partial charge in [0.25, 0.3) is 0 Å². The first-order chi connectivity index (χ1) is 13.1. The Hall–Kier alpha value is -2.08. The molecule has 0 atom stereocenters. The highest BCUT2D eigenvalue weighted by Gasteiger charge is 2.44. The molecule has 1 aromatic carbocycles. The molecule has 0 saturated heterocycles. The van der Waals surface area contributed by atoms with E-state index < -0.39 is 6.09 Å². The predicted molar refractivity (Wildman–Crippen MR) is 104 cm³/mol. The first-order valence-electron chi connectivity index (χ1n) is 10.1. The second-order valence-corrected chi connectivity index (χ2v) is 8.17. The lowest BCUT2D eigenvalue weighted by molar-refractivity contribution is 0.188. The number of rotatable bonds is 8. The average Bonchev–Trinajstić information content (AvgIpc) is 3.06. The van der Waals surface area contributed by atoms with Crippen LogP contribution in [-0.2, 0) is 17.7 Å². The van der Waals surface area contributed by atoms with E-state index in [-0.39, 0.29) is 5.54 Å². The van der Waals surface area contributed by atoms with Crippen molar-refractivity contribution in [2.24, 2.45) is 0 Å². The van der Waals surface area contributed by atoms with Gasteiger partial charge in [-0.2, -0.15) is 5.10 Å². The van der Waals surface area contributed by atoms with Crippen molar-refractivity contribution < 1.29 is 14.6 Å². The molecule has 2 aliphatic rings. The van der Waals surface area contributed by atoms with Crippen LogP contribution in [0.15, 0.2) is 18.2 Å². The molecule has 2 saturated carbocycles. The molecule has 0 radical (unpaired) electrons. The Balaban J connectivity index is 1.63. The van der Waals surface area contributed by atoms with Crippen molar-refractivity contribution in [3.63, 3.8) is 0 Å². The number of aryl methyl sites for hydroxylation is 1. The molecule has 0 aliphatic heterocycles. The Bertz CT molecular complexity index is 819. The van der Waals surface area contributed by atoms with Gasteiger partial charge < -0.3 is 15.2 Å². The number of nitrogens with zero attached hydrogens (tertiary/aromatic N) is 2. The van der Waals surface area contributed by atoms with Crippen molar-refractivity contribution in [2.75, 3.05) is 13.7 Å². The summed E-state index contributed by atoms with van der Waals surface area (Å²) in [5, 5.41) is 18.1. The molecule has 1 amide bonds. The fourth-order valence-electron chi connectivity index (χ4n) is 4.50. The van der Waals surface area contributed by atoms with Crippen LogP contribution in [0.1, 0.15) is 62.1 Å². The quantitative estimate of drug-likeness (QED) is 0.686. The maximum atomic E-state index is 11.1. The van der Waals surface area contributed by atoms with Gasteiger partial charge in [0.1, 0.15) is 0 Å². The van der Waals surface area contributed by atoms with Crippen LogP contribution in [0.2, 0.25) is 0 Å². The number of methoxy groups -OCH3 is 1. The third kappa shape index (κ3) is 3.95. The van der Waals surface area contributed by atoms with Crippen LogP contribution in [0.3, 0.4) is 0 Å². The first-order valence-corrected chi connectivity index (χ1v) is 10.1. The zero-order chi connectivity index (χ0) is 18.9. The van der Waals surface area contributed by atoms with Gasteiger partial charge in [0, 0.05) is 37.1 Å². The molecule has 0 unspecified atom stereocenters. The second-order valence-electron chi connectivity index (χ2n) is 8.17. The number of aromatic nitrogens is 2. The SMILES string of the molecule is COCCCn1nc(C2CCCC2)c2ccc(CC3(NC(=O)O)CC3)cc21. The lowest BCUT2D eigenvalue weighted by Gasteiger charge is -2.15. The predicted octanol–water partition coefficient (Wildman–Crippen LogP) is 4.07. The van der Waals surface area contributed by atoms with E-state index in [1.165, 1.54) is 47.8 Å². The number of carboxylic acid groups (broad SMARTS) is 1. The normalized spacial score (nSPS) is 18.9. The van der Waals surface area contributed by atoms with E-state index in [0.717, 1.165) is 38.8 Å². The molecule has 1 aromatic heterocycles. The standard InChI is InChI=1S/C21H29N3O3/c1-27-12-4-11-24-18-13-15(14-21(9-10-21)22-20(25)26)7-8-17(18)19(23-24)16-5-2-3-6-16/h7-8,13,16,22H,2-6,9-12,14H2,1H3,(H,25,26). The maximum absolute atomic E-state index is 11.1. The minimum atomic E-state index is -0.929. The van der Waals surface area contributed by atoms with Gasteiger partial charge in [-0.05, 0) is 50.2 Å². The fourth-order valence-corrected chi connectivity index (χ4v) is 4.50.